The van der Waals surface area contributed by atoms with Crippen LogP contribution >= 0.6 is 23.2 Å². The lowest BCUT2D eigenvalue weighted by molar-refractivity contribution is -0.385. The summed E-state index contributed by atoms with van der Waals surface area (Å²) in [6.45, 7) is 1.68. The second kappa shape index (κ2) is 16.3. The molecule has 4 aromatic rings. The largest absolute Gasteiger partial charge is 0.493 e. The maximum atomic E-state index is 13.3. The van der Waals surface area contributed by atoms with Gasteiger partial charge in [0.25, 0.3) is 17.5 Å². The molecule has 4 rings (SSSR count). The van der Waals surface area contributed by atoms with Crippen molar-refractivity contribution in [1.29, 1.82) is 0 Å². The van der Waals surface area contributed by atoms with Crippen LogP contribution in [0.3, 0.4) is 0 Å². The predicted octanol–water partition coefficient (Wildman–Crippen LogP) is 6.13. The summed E-state index contributed by atoms with van der Waals surface area (Å²) in [7, 11) is 1.40. The SMILES string of the molecule is COc1cc(/C=N\NC(=O)[C@@H](Cc2ccccc2)NC(=O)[C@@H](C)Oc2ccc(Cl)cc2Cl)c([N+](=O)[O-])cc1OCc1ccccc1. The van der Waals surface area contributed by atoms with Crippen molar-refractivity contribution in [3.63, 3.8) is 0 Å². The third-order valence-corrected chi connectivity index (χ3v) is 7.14. The van der Waals surface area contributed by atoms with Crippen molar-refractivity contribution >= 4 is 46.9 Å². The molecule has 0 saturated heterocycles. The number of carbonyl (C=O) groups is 2. The second-order valence-corrected chi connectivity index (χ2v) is 10.8. The van der Waals surface area contributed by atoms with Crippen LogP contribution in [0.2, 0.25) is 10.0 Å². The van der Waals surface area contributed by atoms with Crippen LogP contribution in [0.1, 0.15) is 23.6 Å². The molecule has 11 nitrogen and oxygen atoms in total. The molecule has 0 fully saturated rings. The summed E-state index contributed by atoms with van der Waals surface area (Å²) in [6, 6.07) is 24.5. The number of amides is 2. The highest BCUT2D eigenvalue weighted by atomic mass is 35.5. The van der Waals surface area contributed by atoms with Gasteiger partial charge in [-0.05, 0) is 42.3 Å². The number of nitrogens with one attached hydrogen (secondary N) is 2. The predicted molar refractivity (Wildman–Crippen MR) is 175 cm³/mol. The number of ether oxygens (including phenoxy) is 3. The number of halogens is 2. The van der Waals surface area contributed by atoms with Gasteiger partial charge in [0.1, 0.15) is 18.4 Å². The summed E-state index contributed by atoms with van der Waals surface area (Å²) in [5.74, 6) is -0.601. The Morgan fingerprint density at radius 1 is 0.913 bits per heavy atom. The van der Waals surface area contributed by atoms with Gasteiger partial charge in [-0.1, -0.05) is 83.9 Å². The number of benzene rings is 4. The molecule has 0 aromatic heterocycles. The fraction of sp³-hybridized carbons (Fsp3) is 0.182. The Balaban J connectivity index is 1.49. The molecule has 0 spiro atoms. The number of hydrogen-bond acceptors (Lipinski definition) is 8. The Morgan fingerprint density at radius 3 is 2.22 bits per heavy atom. The van der Waals surface area contributed by atoms with Crippen molar-refractivity contribution in [1.82, 2.24) is 10.7 Å². The molecule has 2 N–H and O–H groups in total. The van der Waals surface area contributed by atoms with Gasteiger partial charge in [0.05, 0.1) is 34.9 Å². The molecule has 0 bridgehead atoms. The van der Waals surface area contributed by atoms with Crippen molar-refractivity contribution < 1.29 is 28.7 Å². The number of methoxy groups -OCH3 is 1. The molecule has 2 atom stereocenters. The van der Waals surface area contributed by atoms with Crippen LogP contribution < -0.4 is 25.0 Å². The monoisotopic (exact) mass is 664 g/mol. The van der Waals surface area contributed by atoms with E-state index in [1.807, 2.05) is 36.4 Å². The van der Waals surface area contributed by atoms with E-state index in [0.29, 0.717) is 5.02 Å². The van der Waals surface area contributed by atoms with E-state index in [4.69, 9.17) is 37.4 Å². The summed E-state index contributed by atoms with van der Waals surface area (Å²) >= 11 is 12.1. The maximum Gasteiger partial charge on any atom is 0.282 e. The fourth-order valence-electron chi connectivity index (χ4n) is 4.24. The van der Waals surface area contributed by atoms with Crippen LogP contribution in [-0.2, 0) is 22.6 Å². The van der Waals surface area contributed by atoms with Crippen LogP contribution in [-0.4, -0.2) is 42.2 Å². The summed E-state index contributed by atoms with van der Waals surface area (Å²) in [5, 5.41) is 19.2. The molecule has 0 aliphatic rings. The topological polar surface area (TPSA) is 141 Å². The van der Waals surface area contributed by atoms with E-state index in [2.05, 4.69) is 15.8 Å². The molecular formula is C33H30Cl2N4O7. The molecule has 0 unspecified atom stereocenters. The number of nitro benzene ring substituents is 1. The number of nitrogens with zero attached hydrogens (tertiary/aromatic N) is 2. The molecular weight excluding hydrogens is 635 g/mol. The molecule has 0 radical (unpaired) electrons. The Hall–Kier alpha value is -5.13. The summed E-state index contributed by atoms with van der Waals surface area (Å²) < 4.78 is 16.9. The van der Waals surface area contributed by atoms with E-state index in [0.717, 1.165) is 17.3 Å². The molecule has 0 aliphatic carbocycles. The quantitative estimate of drug-likeness (QED) is 0.0937. The Labute approximate surface area is 275 Å². The smallest absolute Gasteiger partial charge is 0.282 e. The molecule has 0 aliphatic heterocycles. The number of rotatable bonds is 14. The van der Waals surface area contributed by atoms with Gasteiger partial charge >= 0.3 is 0 Å². The van der Waals surface area contributed by atoms with Crippen LogP contribution in [0, 0.1) is 10.1 Å². The number of nitro groups is 1. The molecule has 13 heteroatoms. The van der Waals surface area contributed by atoms with Crippen molar-refractivity contribution in [3.05, 3.63) is 128 Å². The first-order chi connectivity index (χ1) is 22.1. The highest BCUT2D eigenvalue weighted by Crippen LogP contribution is 2.34. The van der Waals surface area contributed by atoms with E-state index in [9.17, 15) is 19.7 Å². The zero-order valence-electron chi connectivity index (χ0n) is 24.8. The minimum absolute atomic E-state index is 0.0553. The second-order valence-electron chi connectivity index (χ2n) is 9.91. The minimum Gasteiger partial charge on any atom is -0.493 e. The summed E-state index contributed by atoms with van der Waals surface area (Å²) in [4.78, 5) is 37.6. The van der Waals surface area contributed by atoms with Gasteiger partial charge in [-0.25, -0.2) is 5.43 Å². The fourth-order valence-corrected chi connectivity index (χ4v) is 4.69. The van der Waals surface area contributed by atoms with Gasteiger partial charge in [0.2, 0.25) is 0 Å². The van der Waals surface area contributed by atoms with Gasteiger partial charge in [0, 0.05) is 11.4 Å². The average molecular weight is 666 g/mol. The Morgan fingerprint density at radius 2 is 1.59 bits per heavy atom. The van der Waals surface area contributed by atoms with Crippen LogP contribution in [0.5, 0.6) is 17.2 Å². The lowest BCUT2D eigenvalue weighted by Crippen LogP contribution is -2.50. The first kappa shape index (κ1) is 33.8. The first-order valence-corrected chi connectivity index (χ1v) is 14.7. The standard InChI is InChI=1S/C33H30Cl2N4O7/c1-21(46-29-14-13-25(34)17-26(29)35)32(40)37-27(15-22-9-5-3-6-10-22)33(41)38-36-19-24-16-30(44-2)31(18-28(24)39(42)43)45-20-23-11-7-4-8-12-23/h3-14,16-19,21,27H,15,20H2,1-2H3,(H,37,40)(H,38,41)/b36-19-/t21-,27-/m1/s1. The maximum absolute atomic E-state index is 13.3. The van der Waals surface area contributed by atoms with Gasteiger partial charge in [-0.15, -0.1) is 0 Å². The highest BCUT2D eigenvalue weighted by molar-refractivity contribution is 6.35. The van der Waals surface area contributed by atoms with Gasteiger partial charge in [-0.2, -0.15) is 5.10 Å². The highest BCUT2D eigenvalue weighted by Gasteiger charge is 2.26. The van der Waals surface area contributed by atoms with Crippen LogP contribution in [0.15, 0.2) is 96.1 Å². The zero-order valence-corrected chi connectivity index (χ0v) is 26.3. The van der Waals surface area contributed by atoms with Crippen molar-refractivity contribution in [2.75, 3.05) is 7.11 Å². The molecule has 238 valence electrons. The van der Waals surface area contributed by atoms with Gasteiger partial charge < -0.3 is 19.5 Å². The zero-order chi connectivity index (χ0) is 33.1. The number of hydrazone groups is 1. The van der Waals surface area contributed by atoms with Crippen molar-refractivity contribution in [2.45, 2.75) is 32.1 Å². The third kappa shape index (κ3) is 9.43. The molecule has 0 saturated carbocycles. The van der Waals surface area contributed by atoms with E-state index in [1.54, 1.807) is 30.3 Å². The minimum atomic E-state index is -1.07. The Kier molecular flexibility index (Phi) is 11.9. The molecule has 4 aromatic carbocycles. The van der Waals surface area contributed by atoms with Crippen LogP contribution in [0.25, 0.3) is 0 Å². The lowest BCUT2D eigenvalue weighted by Gasteiger charge is -2.21. The molecule has 2 amide bonds. The molecule has 0 heterocycles. The molecule has 46 heavy (non-hydrogen) atoms. The van der Waals surface area contributed by atoms with E-state index >= 15 is 0 Å². The van der Waals surface area contributed by atoms with Crippen molar-refractivity contribution in [2.24, 2.45) is 5.10 Å². The average Bonchev–Trinajstić information content (AvgIpc) is 3.05. The normalized spacial score (nSPS) is 12.2. The van der Waals surface area contributed by atoms with Gasteiger partial charge in [-0.3, -0.25) is 19.7 Å². The summed E-state index contributed by atoms with van der Waals surface area (Å²) in [5.41, 5.74) is 3.75. The summed E-state index contributed by atoms with van der Waals surface area (Å²) in [6.07, 6.45) is 0.227. The van der Waals surface area contributed by atoms with Crippen molar-refractivity contribution in [3.8, 4) is 17.2 Å². The Bertz CT molecular complexity index is 1710. The first-order valence-electron chi connectivity index (χ1n) is 14.0. The number of carbonyl (C=O) groups excluding carboxylic acids is 2. The third-order valence-electron chi connectivity index (χ3n) is 6.61. The van der Waals surface area contributed by atoms with E-state index in [1.165, 1.54) is 38.3 Å². The number of hydrogen-bond donors (Lipinski definition) is 2. The van der Waals surface area contributed by atoms with Gasteiger partial charge in [0.15, 0.2) is 17.6 Å². The van der Waals surface area contributed by atoms with E-state index < -0.39 is 28.9 Å². The van der Waals surface area contributed by atoms with Crippen LogP contribution in [0.4, 0.5) is 5.69 Å². The lowest BCUT2D eigenvalue weighted by atomic mass is 10.1. The van der Waals surface area contributed by atoms with E-state index in [-0.39, 0.29) is 46.5 Å².